The molecule has 0 bridgehead atoms. The summed E-state index contributed by atoms with van der Waals surface area (Å²) in [5.41, 5.74) is 1.02. The van der Waals surface area contributed by atoms with Crippen molar-refractivity contribution >= 4 is 0 Å². The number of hydrogen-bond acceptors (Lipinski definition) is 3. The topological polar surface area (TPSA) is 41.5 Å². The lowest BCUT2D eigenvalue weighted by molar-refractivity contribution is 0.156. The summed E-state index contributed by atoms with van der Waals surface area (Å²) in [7, 11) is 1.64. The zero-order valence-electron chi connectivity index (χ0n) is 11.4. The highest BCUT2D eigenvalue weighted by Crippen LogP contribution is 2.39. The Labute approximate surface area is 109 Å². The van der Waals surface area contributed by atoms with Crippen LogP contribution in [0, 0.1) is 5.92 Å². The molecule has 1 saturated carbocycles. The van der Waals surface area contributed by atoms with Crippen molar-refractivity contribution in [3.05, 3.63) is 29.8 Å². The molecule has 0 amide bonds. The standard InChI is InChI=1S/C15H23NO2/c1-15(2,12-7-8-12)16-10-14(17)11-5-4-6-13(9-11)18-3/h4-6,9,12,14,16-17H,7-8,10H2,1-3H3. The van der Waals surface area contributed by atoms with Crippen molar-refractivity contribution in [3.63, 3.8) is 0 Å². The van der Waals surface area contributed by atoms with E-state index in [2.05, 4.69) is 19.2 Å². The van der Waals surface area contributed by atoms with Crippen molar-refractivity contribution in [2.75, 3.05) is 13.7 Å². The SMILES string of the molecule is COc1cccc(C(O)CNC(C)(C)C2CC2)c1. The van der Waals surface area contributed by atoms with Crippen molar-refractivity contribution in [3.8, 4) is 5.75 Å². The van der Waals surface area contributed by atoms with Gasteiger partial charge < -0.3 is 15.2 Å². The Morgan fingerprint density at radius 3 is 2.78 bits per heavy atom. The highest BCUT2D eigenvalue weighted by molar-refractivity contribution is 5.29. The minimum atomic E-state index is -0.488. The molecule has 1 aromatic rings. The summed E-state index contributed by atoms with van der Waals surface area (Å²) < 4.78 is 5.17. The van der Waals surface area contributed by atoms with Gasteiger partial charge in [0.2, 0.25) is 0 Å². The van der Waals surface area contributed by atoms with E-state index in [0.717, 1.165) is 17.2 Å². The molecule has 1 fully saturated rings. The van der Waals surface area contributed by atoms with Gasteiger partial charge in [-0.05, 0) is 50.3 Å². The monoisotopic (exact) mass is 249 g/mol. The van der Waals surface area contributed by atoms with E-state index in [9.17, 15) is 5.11 Å². The molecule has 1 aliphatic rings. The van der Waals surface area contributed by atoms with E-state index in [1.54, 1.807) is 7.11 Å². The number of rotatable bonds is 6. The van der Waals surface area contributed by atoms with E-state index >= 15 is 0 Å². The van der Waals surface area contributed by atoms with Crippen LogP contribution in [0.4, 0.5) is 0 Å². The third kappa shape index (κ3) is 3.24. The Bertz CT molecular complexity index is 399. The number of hydrogen-bond donors (Lipinski definition) is 2. The van der Waals surface area contributed by atoms with Crippen LogP contribution in [0.5, 0.6) is 5.75 Å². The Hall–Kier alpha value is -1.06. The minimum Gasteiger partial charge on any atom is -0.497 e. The average molecular weight is 249 g/mol. The molecule has 0 heterocycles. The van der Waals surface area contributed by atoms with Crippen LogP contribution in [0.25, 0.3) is 0 Å². The van der Waals surface area contributed by atoms with Crippen molar-refractivity contribution in [2.45, 2.75) is 38.3 Å². The molecule has 3 heteroatoms. The van der Waals surface area contributed by atoms with Crippen LogP contribution < -0.4 is 10.1 Å². The molecule has 2 rings (SSSR count). The van der Waals surface area contributed by atoms with E-state index in [-0.39, 0.29) is 5.54 Å². The molecular formula is C15H23NO2. The highest BCUT2D eigenvalue weighted by Gasteiger charge is 2.37. The van der Waals surface area contributed by atoms with Crippen molar-refractivity contribution in [2.24, 2.45) is 5.92 Å². The highest BCUT2D eigenvalue weighted by atomic mass is 16.5. The maximum atomic E-state index is 10.2. The maximum absolute atomic E-state index is 10.2. The van der Waals surface area contributed by atoms with Gasteiger partial charge in [0.25, 0.3) is 0 Å². The van der Waals surface area contributed by atoms with Gasteiger partial charge in [-0.25, -0.2) is 0 Å². The number of nitrogens with one attached hydrogen (secondary N) is 1. The summed E-state index contributed by atoms with van der Waals surface area (Å²) in [6, 6.07) is 7.61. The average Bonchev–Trinajstić information content (AvgIpc) is 3.20. The summed E-state index contributed by atoms with van der Waals surface area (Å²) in [5.74, 6) is 1.54. The molecule has 1 unspecified atom stereocenters. The molecule has 0 spiro atoms. The van der Waals surface area contributed by atoms with Gasteiger partial charge in [0.1, 0.15) is 5.75 Å². The number of aliphatic hydroxyl groups is 1. The second-order valence-electron chi connectivity index (χ2n) is 5.67. The largest absolute Gasteiger partial charge is 0.497 e. The molecule has 3 nitrogen and oxygen atoms in total. The lowest BCUT2D eigenvalue weighted by Crippen LogP contribution is -2.43. The maximum Gasteiger partial charge on any atom is 0.119 e. The zero-order valence-corrected chi connectivity index (χ0v) is 11.4. The molecule has 0 saturated heterocycles. The predicted octanol–water partition coefficient (Wildman–Crippen LogP) is 2.51. The van der Waals surface area contributed by atoms with Crippen molar-refractivity contribution in [1.29, 1.82) is 0 Å². The van der Waals surface area contributed by atoms with Crippen LogP contribution in [0.3, 0.4) is 0 Å². The van der Waals surface area contributed by atoms with Crippen LogP contribution in [0.1, 0.15) is 38.4 Å². The molecule has 0 aliphatic heterocycles. The van der Waals surface area contributed by atoms with Gasteiger partial charge in [-0.2, -0.15) is 0 Å². The zero-order chi connectivity index (χ0) is 13.2. The fourth-order valence-electron chi connectivity index (χ4n) is 2.28. The molecule has 1 atom stereocenters. The van der Waals surface area contributed by atoms with Gasteiger partial charge in [-0.15, -0.1) is 0 Å². The van der Waals surface area contributed by atoms with Gasteiger partial charge in [0, 0.05) is 12.1 Å². The number of β-amino-alcohol motifs (C(OH)–C–C–N with tert-alkyl or cyclic N) is 1. The van der Waals surface area contributed by atoms with Crippen molar-refractivity contribution in [1.82, 2.24) is 5.32 Å². The van der Waals surface area contributed by atoms with E-state index in [0.29, 0.717) is 6.54 Å². The second kappa shape index (κ2) is 5.29. The minimum absolute atomic E-state index is 0.125. The van der Waals surface area contributed by atoms with Crippen LogP contribution >= 0.6 is 0 Å². The number of benzene rings is 1. The normalized spacial score (nSPS) is 17.6. The number of aliphatic hydroxyl groups excluding tert-OH is 1. The Kier molecular flexibility index (Phi) is 3.93. The molecular weight excluding hydrogens is 226 g/mol. The first-order valence-corrected chi connectivity index (χ1v) is 6.60. The quantitative estimate of drug-likeness (QED) is 0.814. The third-order valence-electron chi connectivity index (χ3n) is 3.83. The first-order valence-electron chi connectivity index (χ1n) is 6.60. The first-order chi connectivity index (χ1) is 8.53. The van der Waals surface area contributed by atoms with Crippen molar-refractivity contribution < 1.29 is 9.84 Å². The van der Waals surface area contributed by atoms with E-state index < -0.39 is 6.10 Å². The van der Waals surface area contributed by atoms with E-state index in [1.165, 1.54) is 12.8 Å². The molecule has 0 aromatic heterocycles. The fraction of sp³-hybridized carbons (Fsp3) is 0.600. The van der Waals surface area contributed by atoms with E-state index in [1.807, 2.05) is 24.3 Å². The molecule has 18 heavy (non-hydrogen) atoms. The molecule has 1 aliphatic carbocycles. The Morgan fingerprint density at radius 2 is 2.17 bits per heavy atom. The van der Waals surface area contributed by atoms with E-state index in [4.69, 9.17) is 4.74 Å². The van der Waals surface area contributed by atoms with Gasteiger partial charge >= 0.3 is 0 Å². The summed E-state index contributed by atoms with van der Waals surface area (Å²) in [6.45, 7) is 5.00. The second-order valence-corrected chi connectivity index (χ2v) is 5.67. The number of ether oxygens (including phenoxy) is 1. The van der Waals surface area contributed by atoms with Crippen LogP contribution in [0.2, 0.25) is 0 Å². The Morgan fingerprint density at radius 1 is 1.44 bits per heavy atom. The molecule has 0 radical (unpaired) electrons. The van der Waals surface area contributed by atoms with Gasteiger partial charge in [0.15, 0.2) is 0 Å². The molecule has 100 valence electrons. The predicted molar refractivity (Wildman–Crippen MR) is 72.8 cm³/mol. The first kappa shape index (κ1) is 13.4. The van der Waals surface area contributed by atoms with Crippen LogP contribution in [0.15, 0.2) is 24.3 Å². The van der Waals surface area contributed by atoms with Gasteiger partial charge in [-0.3, -0.25) is 0 Å². The lowest BCUT2D eigenvalue weighted by Gasteiger charge is -2.28. The molecule has 1 aromatic carbocycles. The smallest absolute Gasteiger partial charge is 0.119 e. The van der Waals surface area contributed by atoms with Gasteiger partial charge in [-0.1, -0.05) is 12.1 Å². The summed E-state index contributed by atoms with van der Waals surface area (Å²) >= 11 is 0. The van der Waals surface area contributed by atoms with Gasteiger partial charge in [0.05, 0.1) is 13.2 Å². The molecule has 2 N–H and O–H groups in total. The third-order valence-corrected chi connectivity index (χ3v) is 3.83. The summed E-state index contributed by atoms with van der Waals surface area (Å²) in [5, 5.41) is 13.7. The summed E-state index contributed by atoms with van der Waals surface area (Å²) in [6.07, 6.45) is 2.11. The summed E-state index contributed by atoms with van der Waals surface area (Å²) in [4.78, 5) is 0. The van der Waals surface area contributed by atoms with Crippen LogP contribution in [-0.4, -0.2) is 24.3 Å². The fourth-order valence-corrected chi connectivity index (χ4v) is 2.28. The Balaban J connectivity index is 1.92. The lowest BCUT2D eigenvalue weighted by atomic mass is 9.98. The van der Waals surface area contributed by atoms with Crippen LogP contribution in [-0.2, 0) is 0 Å². The number of methoxy groups -OCH3 is 1.